The van der Waals surface area contributed by atoms with Crippen LogP contribution in [0.3, 0.4) is 0 Å². The van der Waals surface area contributed by atoms with Gasteiger partial charge >= 0.3 is 12.1 Å². The summed E-state index contributed by atoms with van der Waals surface area (Å²) in [4.78, 5) is 38.1. The van der Waals surface area contributed by atoms with Gasteiger partial charge in [0.25, 0.3) is 0 Å². The Morgan fingerprint density at radius 1 is 1.28 bits per heavy atom. The minimum atomic E-state index is -0.987. The van der Waals surface area contributed by atoms with Crippen LogP contribution in [0.4, 0.5) is 4.79 Å². The first-order valence-electron chi connectivity index (χ1n) is 8.56. The molecule has 0 spiro atoms. The molecule has 10 heteroatoms. The van der Waals surface area contributed by atoms with Crippen molar-refractivity contribution in [1.82, 2.24) is 4.90 Å². The molecule has 2 atom stereocenters. The third kappa shape index (κ3) is 4.69. The van der Waals surface area contributed by atoms with Gasteiger partial charge in [-0.1, -0.05) is 26.9 Å². The normalized spacial score (nSPS) is 23.0. The number of carbonyl (C=O) groups is 3. The molecule has 25 heavy (non-hydrogen) atoms. The van der Waals surface area contributed by atoms with E-state index in [1.807, 2.05) is 26.9 Å². The smallest absolute Gasteiger partial charge is 0.417 e. The van der Waals surface area contributed by atoms with E-state index in [1.54, 1.807) is 6.92 Å². The summed E-state index contributed by atoms with van der Waals surface area (Å²) in [5.74, 6) is -1.69. The number of hydrogen-bond donors (Lipinski definition) is 0. The molecule has 0 aliphatic carbocycles. The standard InChI is InChI=1S/C15H29NO7Si2/c1-7-21-14(19)16-10(12(18)20-4)8-9(11(16)17)15(2,3)13(22-24-5)23-25-6/h9-10,13H,7-8,24-25H2,1-6H3. The number of likely N-dealkylation sites (tertiary alicyclic amines) is 1. The van der Waals surface area contributed by atoms with Gasteiger partial charge in [-0.2, -0.15) is 0 Å². The summed E-state index contributed by atoms with van der Waals surface area (Å²) >= 11 is 0. The van der Waals surface area contributed by atoms with E-state index in [-0.39, 0.29) is 13.0 Å². The zero-order valence-electron chi connectivity index (χ0n) is 15.9. The van der Waals surface area contributed by atoms with E-state index in [0.29, 0.717) is 0 Å². The molecule has 0 saturated carbocycles. The molecular formula is C15H29NO7Si2. The Bertz CT molecular complexity index is 494. The molecule has 1 rings (SSSR count). The van der Waals surface area contributed by atoms with Crippen molar-refractivity contribution in [3.05, 3.63) is 0 Å². The van der Waals surface area contributed by atoms with Gasteiger partial charge < -0.3 is 18.3 Å². The summed E-state index contributed by atoms with van der Waals surface area (Å²) in [6, 6.07) is -0.987. The van der Waals surface area contributed by atoms with Gasteiger partial charge in [0.05, 0.1) is 19.6 Å². The second kappa shape index (κ2) is 9.46. The van der Waals surface area contributed by atoms with Crippen molar-refractivity contribution in [2.75, 3.05) is 13.7 Å². The lowest BCUT2D eigenvalue weighted by molar-refractivity contribution is -0.149. The highest BCUT2D eigenvalue weighted by Gasteiger charge is 2.55. The van der Waals surface area contributed by atoms with Gasteiger partial charge in [0.15, 0.2) is 19.5 Å². The molecule has 144 valence electrons. The van der Waals surface area contributed by atoms with E-state index in [2.05, 4.69) is 0 Å². The number of amides is 2. The fourth-order valence-electron chi connectivity index (χ4n) is 3.07. The molecule has 0 aromatic heterocycles. The molecule has 0 aromatic rings. The van der Waals surface area contributed by atoms with Gasteiger partial charge in [-0.3, -0.25) is 4.79 Å². The van der Waals surface area contributed by atoms with Crippen LogP contribution in [0.15, 0.2) is 0 Å². The molecule has 1 fully saturated rings. The van der Waals surface area contributed by atoms with Crippen LogP contribution in [-0.4, -0.2) is 68.4 Å². The highest BCUT2D eigenvalue weighted by Crippen LogP contribution is 2.42. The Kier molecular flexibility index (Phi) is 8.25. The summed E-state index contributed by atoms with van der Waals surface area (Å²) in [5, 5.41) is 0. The van der Waals surface area contributed by atoms with Crippen LogP contribution in [0.25, 0.3) is 0 Å². The van der Waals surface area contributed by atoms with Crippen molar-refractivity contribution in [3.63, 3.8) is 0 Å². The first-order valence-corrected chi connectivity index (χ1v) is 12.5. The minimum Gasteiger partial charge on any atom is -0.467 e. The van der Waals surface area contributed by atoms with E-state index < -0.39 is 61.2 Å². The molecule has 0 aromatic carbocycles. The van der Waals surface area contributed by atoms with Crippen LogP contribution >= 0.6 is 0 Å². The Labute approximate surface area is 153 Å². The number of methoxy groups -OCH3 is 1. The highest BCUT2D eigenvalue weighted by molar-refractivity contribution is 6.26. The van der Waals surface area contributed by atoms with Crippen LogP contribution < -0.4 is 0 Å². The fourth-order valence-corrected chi connectivity index (χ4v) is 4.92. The first-order chi connectivity index (χ1) is 11.8. The summed E-state index contributed by atoms with van der Waals surface area (Å²) < 4.78 is 21.4. The van der Waals surface area contributed by atoms with Crippen LogP contribution in [0.5, 0.6) is 0 Å². The summed E-state index contributed by atoms with van der Waals surface area (Å²) in [7, 11) is -0.285. The van der Waals surface area contributed by atoms with Gasteiger partial charge in [-0.15, -0.1) is 0 Å². The van der Waals surface area contributed by atoms with Gasteiger partial charge in [-0.25, -0.2) is 14.5 Å². The van der Waals surface area contributed by atoms with Gasteiger partial charge in [0.2, 0.25) is 5.91 Å². The molecule has 8 nitrogen and oxygen atoms in total. The second-order valence-corrected chi connectivity index (χ2v) is 8.12. The van der Waals surface area contributed by atoms with Gasteiger partial charge in [0.1, 0.15) is 12.3 Å². The monoisotopic (exact) mass is 391 g/mol. The topological polar surface area (TPSA) is 91.4 Å². The first kappa shape index (κ1) is 21.8. The van der Waals surface area contributed by atoms with Crippen LogP contribution in [0.1, 0.15) is 27.2 Å². The molecule has 1 aliphatic heterocycles. The number of rotatable bonds is 8. The Hall–Kier alpha value is -1.24. The van der Waals surface area contributed by atoms with Crippen LogP contribution in [-0.2, 0) is 27.9 Å². The molecule has 1 heterocycles. The van der Waals surface area contributed by atoms with Crippen molar-refractivity contribution in [1.29, 1.82) is 0 Å². The fraction of sp³-hybridized carbons (Fsp3) is 0.800. The van der Waals surface area contributed by atoms with E-state index in [9.17, 15) is 14.4 Å². The van der Waals surface area contributed by atoms with Crippen molar-refractivity contribution >= 4 is 37.5 Å². The maximum absolute atomic E-state index is 12.9. The number of imide groups is 1. The quantitative estimate of drug-likeness (QED) is 0.331. The third-order valence-corrected chi connectivity index (χ3v) is 5.66. The lowest BCUT2D eigenvalue weighted by atomic mass is 9.76. The lowest BCUT2D eigenvalue weighted by Crippen LogP contribution is -2.47. The lowest BCUT2D eigenvalue weighted by Gasteiger charge is -2.38. The van der Waals surface area contributed by atoms with E-state index >= 15 is 0 Å². The van der Waals surface area contributed by atoms with E-state index in [1.165, 1.54) is 7.11 Å². The predicted molar refractivity (Wildman–Crippen MR) is 96.3 cm³/mol. The molecule has 1 aliphatic rings. The van der Waals surface area contributed by atoms with Crippen molar-refractivity contribution < 1.29 is 32.7 Å². The number of nitrogens with zero attached hydrogens (tertiary/aromatic N) is 1. The largest absolute Gasteiger partial charge is 0.467 e. The average molecular weight is 392 g/mol. The van der Waals surface area contributed by atoms with Gasteiger partial charge in [0, 0.05) is 5.41 Å². The second-order valence-electron chi connectivity index (χ2n) is 6.30. The van der Waals surface area contributed by atoms with Crippen molar-refractivity contribution in [2.45, 2.75) is 52.6 Å². The Balaban J connectivity index is 3.16. The minimum absolute atomic E-state index is 0.113. The third-order valence-electron chi connectivity index (χ3n) is 4.39. The maximum Gasteiger partial charge on any atom is 0.417 e. The SMILES string of the molecule is CCOC(=O)N1C(=O)C(C(C)(C)C(O[SiH2]C)O[SiH2]C)CC1C(=O)OC. The molecule has 0 N–H and O–H groups in total. The summed E-state index contributed by atoms with van der Waals surface area (Å²) in [5.41, 5.74) is -0.684. The number of carbonyl (C=O) groups excluding carboxylic acids is 3. The van der Waals surface area contributed by atoms with Gasteiger partial charge in [-0.05, 0) is 13.3 Å². The van der Waals surface area contributed by atoms with Crippen molar-refractivity contribution in [3.8, 4) is 0 Å². The molecule has 2 unspecified atom stereocenters. The average Bonchev–Trinajstić information content (AvgIpc) is 2.92. The van der Waals surface area contributed by atoms with Crippen LogP contribution in [0.2, 0.25) is 13.1 Å². The maximum atomic E-state index is 12.9. The molecular weight excluding hydrogens is 362 g/mol. The Morgan fingerprint density at radius 3 is 2.28 bits per heavy atom. The summed E-state index contributed by atoms with van der Waals surface area (Å²) in [6.07, 6.45) is -1.18. The van der Waals surface area contributed by atoms with Crippen LogP contribution in [0, 0.1) is 11.3 Å². The number of esters is 1. The molecule has 2 amide bonds. The van der Waals surface area contributed by atoms with Crippen molar-refractivity contribution in [2.24, 2.45) is 11.3 Å². The zero-order valence-corrected chi connectivity index (χ0v) is 18.7. The molecule has 0 radical (unpaired) electrons. The molecule has 1 saturated heterocycles. The Morgan fingerprint density at radius 2 is 1.84 bits per heavy atom. The molecule has 0 bridgehead atoms. The van der Waals surface area contributed by atoms with E-state index in [4.69, 9.17) is 18.3 Å². The summed E-state index contributed by atoms with van der Waals surface area (Å²) in [6.45, 7) is 9.48. The number of ether oxygens (including phenoxy) is 2. The predicted octanol–water partition coefficient (Wildman–Crippen LogP) is 0.182. The highest BCUT2D eigenvalue weighted by atomic mass is 28.2. The van der Waals surface area contributed by atoms with E-state index in [0.717, 1.165) is 4.90 Å². The number of hydrogen-bond acceptors (Lipinski definition) is 7. The zero-order chi connectivity index (χ0) is 19.2.